The molecule has 1 aliphatic carbocycles. The number of nitrogens with two attached hydrogens (primary N) is 1. The number of aromatic nitrogens is 2. The summed E-state index contributed by atoms with van der Waals surface area (Å²) in [7, 11) is 0. The minimum atomic E-state index is -0.567. The number of hydrogen-bond acceptors (Lipinski definition) is 4. The number of nitrogens with zero attached hydrogens (tertiary/aromatic N) is 1. The van der Waals surface area contributed by atoms with Crippen LogP contribution in [0.5, 0.6) is 5.88 Å². The van der Waals surface area contributed by atoms with Gasteiger partial charge < -0.3 is 15.8 Å². The van der Waals surface area contributed by atoms with E-state index in [-0.39, 0.29) is 11.4 Å². The van der Waals surface area contributed by atoms with Gasteiger partial charge in [-0.25, -0.2) is 0 Å². The molecule has 0 aliphatic heterocycles. The van der Waals surface area contributed by atoms with Crippen LogP contribution < -0.4 is 11.3 Å². The van der Waals surface area contributed by atoms with E-state index in [9.17, 15) is 9.90 Å². The Balaban J connectivity index is 2.48. The molecule has 0 aromatic carbocycles. The van der Waals surface area contributed by atoms with Crippen LogP contribution in [0.25, 0.3) is 0 Å². The number of aromatic amines is 1. The van der Waals surface area contributed by atoms with Gasteiger partial charge in [0, 0.05) is 0 Å². The quantitative estimate of drug-likeness (QED) is 0.690. The van der Waals surface area contributed by atoms with Gasteiger partial charge in [-0.1, -0.05) is 19.8 Å². The Hall–Kier alpha value is -1.36. The van der Waals surface area contributed by atoms with Crippen molar-refractivity contribution in [3.8, 4) is 5.88 Å². The van der Waals surface area contributed by atoms with E-state index in [1.807, 2.05) is 0 Å². The second kappa shape index (κ2) is 3.90. The van der Waals surface area contributed by atoms with Gasteiger partial charge in [0.05, 0.1) is 11.1 Å². The molecular weight excluding hydrogens is 206 g/mol. The Labute approximate surface area is 93.7 Å². The number of aromatic hydroxyl groups is 1. The summed E-state index contributed by atoms with van der Waals surface area (Å²) in [6.45, 7) is 1.80. The summed E-state index contributed by atoms with van der Waals surface area (Å²) in [6, 6.07) is 0. The molecule has 4 N–H and O–H groups in total. The SMILES string of the molecule is CCc1c(O)nc(C2(N)CCCC2)[nH]c1=O. The molecule has 0 unspecified atom stereocenters. The fraction of sp³-hybridized carbons (Fsp3) is 0.636. The number of rotatable bonds is 2. The summed E-state index contributed by atoms with van der Waals surface area (Å²) in [5.74, 6) is 0.239. The normalized spacial score (nSPS) is 18.9. The van der Waals surface area contributed by atoms with Crippen molar-refractivity contribution in [1.29, 1.82) is 0 Å². The largest absolute Gasteiger partial charge is 0.493 e. The monoisotopic (exact) mass is 223 g/mol. The standard InChI is InChI=1S/C11H17N3O2/c1-2-7-8(15)13-10(14-9(7)16)11(12)5-3-4-6-11/h2-6,12H2,1H3,(H2,13,14,15,16). The molecule has 0 spiro atoms. The van der Waals surface area contributed by atoms with Crippen molar-refractivity contribution in [2.75, 3.05) is 0 Å². The maximum Gasteiger partial charge on any atom is 0.257 e. The molecule has 0 radical (unpaired) electrons. The highest BCUT2D eigenvalue weighted by Crippen LogP contribution is 2.34. The van der Waals surface area contributed by atoms with Gasteiger partial charge in [0.15, 0.2) is 0 Å². The number of hydrogen-bond donors (Lipinski definition) is 3. The molecular formula is C11H17N3O2. The van der Waals surface area contributed by atoms with Gasteiger partial charge in [-0.2, -0.15) is 4.98 Å². The van der Waals surface area contributed by atoms with Crippen LogP contribution in [0, 0.1) is 0 Å². The Morgan fingerprint density at radius 1 is 1.50 bits per heavy atom. The average molecular weight is 223 g/mol. The first-order chi connectivity index (χ1) is 7.57. The van der Waals surface area contributed by atoms with Gasteiger partial charge in [0.1, 0.15) is 5.82 Å². The molecule has 0 amide bonds. The zero-order valence-corrected chi connectivity index (χ0v) is 9.42. The van der Waals surface area contributed by atoms with Gasteiger partial charge in [0.2, 0.25) is 5.88 Å². The minimum absolute atomic E-state index is 0.182. The zero-order valence-electron chi connectivity index (χ0n) is 9.42. The third-order valence-electron chi connectivity index (χ3n) is 3.31. The lowest BCUT2D eigenvalue weighted by atomic mass is 9.98. The summed E-state index contributed by atoms with van der Waals surface area (Å²) in [5.41, 5.74) is 5.65. The zero-order chi connectivity index (χ0) is 11.8. The van der Waals surface area contributed by atoms with Crippen LogP contribution in [0.3, 0.4) is 0 Å². The van der Waals surface area contributed by atoms with Crippen LogP contribution in [-0.4, -0.2) is 15.1 Å². The Morgan fingerprint density at radius 3 is 2.62 bits per heavy atom. The highest BCUT2D eigenvalue weighted by molar-refractivity contribution is 5.24. The molecule has 1 aromatic heterocycles. The van der Waals surface area contributed by atoms with Gasteiger partial charge in [-0.3, -0.25) is 4.79 Å². The Morgan fingerprint density at radius 2 is 2.12 bits per heavy atom. The van der Waals surface area contributed by atoms with E-state index >= 15 is 0 Å². The topological polar surface area (TPSA) is 92.0 Å². The van der Waals surface area contributed by atoms with Crippen LogP contribution >= 0.6 is 0 Å². The summed E-state index contributed by atoms with van der Waals surface area (Å²) in [6.07, 6.45) is 4.15. The first kappa shape index (κ1) is 11.1. The van der Waals surface area contributed by atoms with Crippen molar-refractivity contribution in [2.45, 2.75) is 44.6 Å². The fourth-order valence-electron chi connectivity index (χ4n) is 2.28. The molecule has 0 saturated heterocycles. The molecule has 1 saturated carbocycles. The minimum Gasteiger partial charge on any atom is -0.493 e. The highest BCUT2D eigenvalue weighted by atomic mass is 16.3. The lowest BCUT2D eigenvalue weighted by Crippen LogP contribution is -2.37. The first-order valence-electron chi connectivity index (χ1n) is 5.68. The van der Waals surface area contributed by atoms with Crippen molar-refractivity contribution in [3.63, 3.8) is 0 Å². The van der Waals surface area contributed by atoms with Gasteiger partial charge in [0.25, 0.3) is 5.56 Å². The molecule has 0 atom stereocenters. The van der Waals surface area contributed by atoms with Crippen molar-refractivity contribution >= 4 is 0 Å². The summed E-state index contributed by atoms with van der Waals surface area (Å²) < 4.78 is 0. The van der Waals surface area contributed by atoms with Crippen LogP contribution in [-0.2, 0) is 12.0 Å². The summed E-state index contributed by atoms with van der Waals surface area (Å²) in [5, 5.41) is 9.66. The van der Waals surface area contributed by atoms with Crippen LogP contribution in [0.4, 0.5) is 0 Å². The second-order valence-corrected chi connectivity index (χ2v) is 4.43. The van der Waals surface area contributed by atoms with E-state index in [1.54, 1.807) is 6.92 Å². The molecule has 1 aliphatic rings. The van der Waals surface area contributed by atoms with E-state index in [0.29, 0.717) is 17.8 Å². The third-order valence-corrected chi connectivity index (χ3v) is 3.31. The number of nitrogens with one attached hydrogen (secondary N) is 1. The van der Waals surface area contributed by atoms with E-state index in [4.69, 9.17) is 5.73 Å². The average Bonchev–Trinajstić information content (AvgIpc) is 2.66. The number of H-pyrrole nitrogens is 1. The third kappa shape index (κ3) is 1.71. The van der Waals surface area contributed by atoms with E-state index in [1.165, 1.54) is 0 Å². The van der Waals surface area contributed by atoms with Crippen molar-refractivity contribution < 1.29 is 5.11 Å². The molecule has 1 heterocycles. The maximum absolute atomic E-state index is 11.7. The van der Waals surface area contributed by atoms with E-state index in [0.717, 1.165) is 25.7 Å². The molecule has 0 bridgehead atoms. The summed E-state index contributed by atoms with van der Waals surface area (Å²) >= 11 is 0. The van der Waals surface area contributed by atoms with Crippen molar-refractivity contribution in [3.05, 3.63) is 21.7 Å². The van der Waals surface area contributed by atoms with Crippen LogP contribution in [0.2, 0.25) is 0 Å². The molecule has 2 rings (SSSR count). The molecule has 16 heavy (non-hydrogen) atoms. The molecule has 88 valence electrons. The lowest BCUT2D eigenvalue weighted by Gasteiger charge is -2.22. The van der Waals surface area contributed by atoms with Crippen molar-refractivity contribution in [2.24, 2.45) is 5.73 Å². The summed E-state index contributed by atoms with van der Waals surface area (Å²) in [4.78, 5) is 18.4. The highest BCUT2D eigenvalue weighted by Gasteiger charge is 2.34. The van der Waals surface area contributed by atoms with Crippen LogP contribution in [0.1, 0.15) is 44.0 Å². The molecule has 1 fully saturated rings. The predicted molar refractivity (Wildman–Crippen MR) is 60.2 cm³/mol. The van der Waals surface area contributed by atoms with Gasteiger partial charge >= 0.3 is 0 Å². The Bertz CT molecular complexity index is 447. The predicted octanol–water partition coefficient (Wildman–Crippen LogP) is 0.766. The first-order valence-corrected chi connectivity index (χ1v) is 5.68. The smallest absolute Gasteiger partial charge is 0.257 e. The van der Waals surface area contributed by atoms with E-state index in [2.05, 4.69) is 9.97 Å². The van der Waals surface area contributed by atoms with Crippen molar-refractivity contribution in [1.82, 2.24) is 9.97 Å². The molecule has 5 nitrogen and oxygen atoms in total. The molecule has 5 heteroatoms. The van der Waals surface area contributed by atoms with Crippen LogP contribution in [0.15, 0.2) is 4.79 Å². The molecule has 1 aromatic rings. The maximum atomic E-state index is 11.7. The lowest BCUT2D eigenvalue weighted by molar-refractivity contribution is 0.397. The van der Waals surface area contributed by atoms with Gasteiger partial charge in [-0.15, -0.1) is 0 Å². The van der Waals surface area contributed by atoms with E-state index < -0.39 is 5.54 Å². The van der Waals surface area contributed by atoms with Gasteiger partial charge in [-0.05, 0) is 19.3 Å². The fourth-order valence-corrected chi connectivity index (χ4v) is 2.28. The Kier molecular flexibility index (Phi) is 2.71. The second-order valence-electron chi connectivity index (χ2n) is 4.43.